The molecule has 2 heterocycles. The molecular formula is C42H66O13. The lowest BCUT2D eigenvalue weighted by molar-refractivity contribution is -0.374. The summed E-state index contributed by atoms with van der Waals surface area (Å²) in [5.74, 6) is -0.247. The highest BCUT2D eigenvalue weighted by atomic mass is 16.8. The van der Waals surface area contributed by atoms with Crippen LogP contribution in [-0.4, -0.2) is 122 Å². The van der Waals surface area contributed by atoms with E-state index >= 15 is 0 Å². The maximum absolute atomic E-state index is 13.7. The van der Waals surface area contributed by atoms with Gasteiger partial charge in [-0.25, -0.2) is 4.79 Å². The summed E-state index contributed by atoms with van der Waals surface area (Å²) in [4.78, 5) is 25.9. The number of hydrogen-bond donors (Lipinski definition) is 7. The second-order valence-corrected chi connectivity index (χ2v) is 20.8. The van der Waals surface area contributed by atoms with Crippen molar-refractivity contribution in [3.8, 4) is 0 Å². The average molecular weight is 779 g/mol. The minimum atomic E-state index is -1.92. The molecule has 4 saturated carbocycles. The van der Waals surface area contributed by atoms with E-state index in [0.717, 1.165) is 44.9 Å². The van der Waals surface area contributed by atoms with Crippen molar-refractivity contribution in [1.82, 2.24) is 0 Å². The number of carbonyl (C=O) groups excluding carboxylic acids is 1. The Bertz CT molecular complexity index is 1540. The van der Waals surface area contributed by atoms with E-state index in [1.807, 2.05) is 0 Å². The molecule has 312 valence electrons. The van der Waals surface area contributed by atoms with Crippen molar-refractivity contribution >= 4 is 11.8 Å². The molecule has 13 nitrogen and oxygen atoms in total. The Labute approximate surface area is 324 Å². The third kappa shape index (κ3) is 6.15. The number of ether oxygens (including phenoxy) is 4. The first-order chi connectivity index (χ1) is 25.5. The number of aliphatic hydroxyl groups is 6. The van der Waals surface area contributed by atoms with Gasteiger partial charge in [0.15, 0.2) is 18.7 Å². The molecular weight excluding hydrogens is 712 g/mol. The van der Waals surface area contributed by atoms with Gasteiger partial charge in [0.1, 0.15) is 48.5 Å². The summed E-state index contributed by atoms with van der Waals surface area (Å²) in [6.45, 7) is 17.8. The summed E-state index contributed by atoms with van der Waals surface area (Å²) in [5, 5.41) is 73.1. The van der Waals surface area contributed by atoms with Gasteiger partial charge in [0.05, 0.1) is 12.7 Å². The monoisotopic (exact) mass is 778 g/mol. The SMILES string of the molecule is CC1(C)CC(=O)C2(C)CCC3(C)C(=CCC4C5(C)CCC(OC6OC(C(=O)O)C(O)C(O)C6OC6OC(CO)C(O)C(O)C6O)C(C)(C)C5CCC43C)C2C1. The van der Waals surface area contributed by atoms with E-state index in [9.17, 15) is 45.3 Å². The largest absolute Gasteiger partial charge is 0.479 e. The lowest BCUT2D eigenvalue weighted by atomic mass is 9.33. The zero-order valence-corrected chi connectivity index (χ0v) is 33.8. The molecule has 6 fully saturated rings. The smallest absolute Gasteiger partial charge is 0.335 e. The van der Waals surface area contributed by atoms with E-state index in [0.29, 0.717) is 24.5 Å². The third-order valence-electron chi connectivity index (χ3n) is 17.0. The summed E-state index contributed by atoms with van der Waals surface area (Å²) in [7, 11) is 0. The minimum absolute atomic E-state index is 0.0177. The van der Waals surface area contributed by atoms with Crippen LogP contribution in [0.5, 0.6) is 0 Å². The number of carboxylic acid groups (broad SMARTS) is 1. The zero-order valence-electron chi connectivity index (χ0n) is 33.8. The Morgan fingerprint density at radius 1 is 0.800 bits per heavy atom. The minimum Gasteiger partial charge on any atom is -0.479 e. The van der Waals surface area contributed by atoms with Crippen LogP contribution in [0.25, 0.3) is 0 Å². The number of fused-ring (bicyclic) bond motifs is 7. The van der Waals surface area contributed by atoms with E-state index in [1.165, 1.54) is 5.57 Å². The number of allylic oxidation sites excluding steroid dienone is 2. The van der Waals surface area contributed by atoms with Crippen LogP contribution in [0.15, 0.2) is 11.6 Å². The molecule has 0 spiro atoms. The molecule has 7 N–H and O–H groups in total. The first-order valence-corrected chi connectivity index (χ1v) is 20.6. The molecule has 0 aromatic carbocycles. The molecule has 13 heteroatoms. The van der Waals surface area contributed by atoms with E-state index in [4.69, 9.17) is 18.9 Å². The lowest BCUT2D eigenvalue weighted by Crippen LogP contribution is -2.67. The molecule has 18 unspecified atom stereocenters. The second-order valence-electron chi connectivity index (χ2n) is 20.8. The van der Waals surface area contributed by atoms with Gasteiger partial charge < -0.3 is 54.7 Å². The van der Waals surface area contributed by atoms with Crippen molar-refractivity contribution in [1.29, 1.82) is 0 Å². The van der Waals surface area contributed by atoms with Crippen LogP contribution in [0.3, 0.4) is 0 Å². The molecule has 55 heavy (non-hydrogen) atoms. The Morgan fingerprint density at radius 2 is 1.49 bits per heavy atom. The topological polar surface area (TPSA) is 213 Å². The number of aliphatic hydroxyl groups excluding tert-OH is 6. The zero-order chi connectivity index (χ0) is 40.4. The van der Waals surface area contributed by atoms with Crippen LogP contribution in [0.4, 0.5) is 0 Å². The molecule has 0 amide bonds. The van der Waals surface area contributed by atoms with Gasteiger partial charge in [0.2, 0.25) is 0 Å². The van der Waals surface area contributed by atoms with E-state index in [2.05, 4.69) is 61.5 Å². The summed E-state index contributed by atoms with van der Waals surface area (Å²) < 4.78 is 24.0. The van der Waals surface area contributed by atoms with Crippen molar-refractivity contribution in [2.24, 2.45) is 50.2 Å². The maximum atomic E-state index is 13.7. The van der Waals surface area contributed by atoms with Crippen LogP contribution in [0.2, 0.25) is 0 Å². The van der Waals surface area contributed by atoms with Crippen molar-refractivity contribution < 1.29 is 64.3 Å². The van der Waals surface area contributed by atoms with Crippen LogP contribution in [0.1, 0.15) is 113 Å². The molecule has 2 saturated heterocycles. The standard InChI is InChI=1S/C42H66O13/c1-37(2)17-21-20-9-10-24-40(6)13-12-26(38(3,4)23(40)11-14-42(24,8)41(20,7)16-15-39(21,5)25(44)18-37)53-36-33(30(48)29(47)32(54-36)34(50)51)55-35-31(49)28(46)27(45)22(19-43)52-35/h9,21-24,26-33,35-36,43,45-49H,10-19H2,1-8H3,(H,50,51). The van der Waals surface area contributed by atoms with E-state index < -0.39 is 85.5 Å². The predicted molar refractivity (Wildman–Crippen MR) is 197 cm³/mol. The average Bonchev–Trinajstić information content (AvgIpc) is 3.10. The van der Waals surface area contributed by atoms with Gasteiger partial charge in [-0.15, -0.1) is 0 Å². The Morgan fingerprint density at radius 3 is 2.15 bits per heavy atom. The van der Waals surface area contributed by atoms with Crippen molar-refractivity contribution in [2.75, 3.05) is 6.61 Å². The molecule has 0 radical (unpaired) electrons. The number of aliphatic carboxylic acids is 1. The Kier molecular flexibility index (Phi) is 10.4. The predicted octanol–water partition coefficient (Wildman–Crippen LogP) is 3.09. The lowest BCUT2D eigenvalue weighted by Gasteiger charge is -2.71. The molecule has 0 aromatic heterocycles. The highest BCUT2D eigenvalue weighted by Gasteiger charge is 2.69. The van der Waals surface area contributed by atoms with Crippen LogP contribution >= 0.6 is 0 Å². The van der Waals surface area contributed by atoms with Gasteiger partial charge in [0.25, 0.3) is 0 Å². The van der Waals surface area contributed by atoms with E-state index in [-0.39, 0.29) is 38.9 Å². The Hall–Kier alpha value is -1.52. The van der Waals surface area contributed by atoms with Gasteiger partial charge in [-0.05, 0) is 96.2 Å². The fraction of sp³-hybridized carbons (Fsp3) is 0.905. The third-order valence-corrected chi connectivity index (χ3v) is 17.0. The normalized spacial score (nSPS) is 53.2. The molecule has 7 rings (SSSR count). The molecule has 2 aliphatic heterocycles. The molecule has 0 bridgehead atoms. The highest BCUT2D eigenvalue weighted by molar-refractivity contribution is 5.87. The quantitative estimate of drug-likeness (QED) is 0.153. The highest BCUT2D eigenvalue weighted by Crippen LogP contribution is 2.75. The first-order valence-electron chi connectivity index (χ1n) is 20.6. The fourth-order valence-electron chi connectivity index (χ4n) is 13.5. The summed E-state index contributed by atoms with van der Waals surface area (Å²) in [6.07, 6.45) is -6.93. The maximum Gasteiger partial charge on any atom is 0.335 e. The number of rotatable bonds is 6. The molecule has 7 aliphatic rings. The second kappa shape index (κ2) is 13.8. The van der Waals surface area contributed by atoms with Crippen molar-refractivity contribution in [3.05, 3.63) is 11.6 Å². The summed E-state index contributed by atoms with van der Waals surface area (Å²) >= 11 is 0. The van der Waals surface area contributed by atoms with Gasteiger partial charge in [0, 0.05) is 11.8 Å². The number of carbonyl (C=O) groups is 2. The summed E-state index contributed by atoms with van der Waals surface area (Å²) in [6, 6.07) is 0. The fourth-order valence-corrected chi connectivity index (χ4v) is 13.5. The van der Waals surface area contributed by atoms with Crippen LogP contribution in [-0.2, 0) is 28.5 Å². The molecule has 5 aliphatic carbocycles. The van der Waals surface area contributed by atoms with Gasteiger partial charge >= 0.3 is 5.97 Å². The Balaban J connectivity index is 1.15. The molecule has 18 atom stereocenters. The number of Topliss-reactive ketones (excluding diaryl/α,β-unsaturated/α-hetero) is 1. The van der Waals surface area contributed by atoms with Gasteiger partial charge in [-0.3, -0.25) is 4.79 Å². The summed E-state index contributed by atoms with van der Waals surface area (Å²) in [5.41, 5.74) is 0.634. The van der Waals surface area contributed by atoms with Crippen LogP contribution < -0.4 is 0 Å². The first kappa shape index (κ1) is 41.6. The van der Waals surface area contributed by atoms with Gasteiger partial charge in [-0.1, -0.05) is 67.0 Å². The van der Waals surface area contributed by atoms with E-state index in [1.54, 1.807) is 0 Å². The van der Waals surface area contributed by atoms with Gasteiger partial charge in [-0.2, -0.15) is 0 Å². The molecule has 0 aromatic rings. The van der Waals surface area contributed by atoms with Crippen molar-refractivity contribution in [3.63, 3.8) is 0 Å². The number of carboxylic acids is 1. The van der Waals surface area contributed by atoms with Crippen molar-refractivity contribution in [2.45, 2.75) is 181 Å². The number of hydrogen-bond acceptors (Lipinski definition) is 12. The van der Waals surface area contributed by atoms with Crippen LogP contribution in [0, 0.1) is 50.2 Å². The number of ketones is 1.